The third-order valence-corrected chi connectivity index (χ3v) is 5.09. The smallest absolute Gasteiger partial charge is 0.312 e. The lowest BCUT2D eigenvalue weighted by Gasteiger charge is -2.23. The molecule has 27 heavy (non-hydrogen) atoms. The normalized spacial score (nSPS) is 20.3. The minimum absolute atomic E-state index is 0.132. The highest BCUT2D eigenvalue weighted by Crippen LogP contribution is 2.42. The SMILES string of the molecule is Fc1c(F)c(F)c(-[n+]2cc3c([nH]2)COC2Cc4cccnc4C32)c(F)c1F. The van der Waals surface area contributed by atoms with Gasteiger partial charge in [-0.3, -0.25) is 4.98 Å². The Labute approximate surface area is 149 Å². The molecule has 9 heteroatoms. The number of ether oxygens (including phenoxy) is 1. The summed E-state index contributed by atoms with van der Waals surface area (Å²) in [6.45, 7) is 0.132. The van der Waals surface area contributed by atoms with E-state index in [1.54, 1.807) is 6.20 Å². The van der Waals surface area contributed by atoms with Crippen LogP contribution in [0.4, 0.5) is 22.0 Å². The van der Waals surface area contributed by atoms with E-state index in [-0.39, 0.29) is 18.6 Å². The molecular weight excluding hydrogens is 369 g/mol. The van der Waals surface area contributed by atoms with Crippen molar-refractivity contribution in [1.82, 2.24) is 10.1 Å². The molecule has 5 rings (SSSR count). The fourth-order valence-electron chi connectivity index (χ4n) is 3.88. The summed E-state index contributed by atoms with van der Waals surface area (Å²) < 4.78 is 75.4. The third-order valence-electron chi connectivity index (χ3n) is 5.09. The standard InChI is InChI=1S/C18H10F5N3O/c19-12-13(20)15(22)18(16(23)14(12)21)26-5-8-9(25-26)6-27-10-4-7-2-1-3-24-17(7)11(8)10/h1-3,5,10-11H,4,6H2/p+1. The zero-order valence-corrected chi connectivity index (χ0v) is 13.6. The molecule has 0 spiro atoms. The van der Waals surface area contributed by atoms with E-state index in [0.29, 0.717) is 17.7 Å². The van der Waals surface area contributed by atoms with Crippen LogP contribution in [0.5, 0.6) is 0 Å². The molecule has 2 aliphatic rings. The quantitative estimate of drug-likeness (QED) is 0.305. The average Bonchev–Trinajstić information content (AvgIpc) is 3.25. The fraction of sp³-hybridized carbons (Fsp3) is 0.222. The van der Waals surface area contributed by atoms with Crippen LogP contribution in [0.25, 0.3) is 5.69 Å². The molecule has 0 radical (unpaired) electrons. The third kappa shape index (κ3) is 2.18. The minimum Gasteiger partial charge on any atom is -0.370 e. The minimum atomic E-state index is -2.19. The van der Waals surface area contributed by atoms with E-state index >= 15 is 0 Å². The van der Waals surface area contributed by atoms with Crippen LogP contribution in [0.1, 0.15) is 28.4 Å². The van der Waals surface area contributed by atoms with E-state index in [2.05, 4.69) is 10.1 Å². The largest absolute Gasteiger partial charge is 0.370 e. The van der Waals surface area contributed by atoms with Crippen LogP contribution >= 0.6 is 0 Å². The molecule has 3 heterocycles. The van der Waals surface area contributed by atoms with Gasteiger partial charge in [0.1, 0.15) is 5.69 Å². The average molecular weight is 380 g/mol. The van der Waals surface area contributed by atoms with Crippen molar-refractivity contribution in [2.75, 3.05) is 0 Å². The Morgan fingerprint density at radius 3 is 2.48 bits per heavy atom. The molecule has 0 saturated carbocycles. The van der Waals surface area contributed by atoms with E-state index in [1.165, 1.54) is 6.20 Å². The van der Waals surface area contributed by atoms with Crippen molar-refractivity contribution in [3.8, 4) is 5.69 Å². The summed E-state index contributed by atoms with van der Waals surface area (Å²) in [6.07, 6.45) is 3.43. The van der Waals surface area contributed by atoms with Gasteiger partial charge in [0.2, 0.25) is 35.3 Å². The molecule has 1 N–H and O–H groups in total. The number of hydrogen-bond acceptors (Lipinski definition) is 2. The first-order chi connectivity index (χ1) is 13.0. The van der Waals surface area contributed by atoms with E-state index in [9.17, 15) is 22.0 Å². The highest BCUT2D eigenvalue weighted by atomic mass is 19.2. The predicted molar refractivity (Wildman–Crippen MR) is 80.5 cm³/mol. The van der Waals surface area contributed by atoms with Gasteiger partial charge in [-0.05, 0) is 11.6 Å². The van der Waals surface area contributed by atoms with E-state index in [1.807, 2.05) is 12.1 Å². The molecule has 0 fully saturated rings. The van der Waals surface area contributed by atoms with E-state index in [4.69, 9.17) is 4.74 Å². The lowest BCUT2D eigenvalue weighted by atomic mass is 9.93. The summed E-state index contributed by atoms with van der Waals surface area (Å²) in [5.41, 5.74) is 1.89. The molecule has 1 aromatic carbocycles. The van der Waals surface area contributed by atoms with Gasteiger partial charge in [-0.1, -0.05) is 10.7 Å². The maximum Gasteiger partial charge on any atom is 0.312 e. The van der Waals surface area contributed by atoms with Gasteiger partial charge in [0.25, 0.3) is 0 Å². The molecule has 2 atom stereocenters. The van der Waals surface area contributed by atoms with Crippen LogP contribution < -0.4 is 4.68 Å². The van der Waals surface area contributed by atoms with Gasteiger partial charge in [-0.25, -0.2) is 13.2 Å². The van der Waals surface area contributed by atoms with Gasteiger partial charge in [0, 0.05) is 12.6 Å². The summed E-state index contributed by atoms with van der Waals surface area (Å²) in [6, 6.07) is 3.73. The topological polar surface area (TPSA) is 41.8 Å². The lowest BCUT2D eigenvalue weighted by Crippen LogP contribution is -2.36. The van der Waals surface area contributed by atoms with Gasteiger partial charge in [0.05, 0.1) is 29.9 Å². The summed E-state index contributed by atoms with van der Waals surface area (Å²) in [4.78, 5) is 4.38. The Morgan fingerprint density at radius 1 is 1.04 bits per heavy atom. The second kappa shape index (κ2) is 5.59. The fourth-order valence-corrected chi connectivity index (χ4v) is 3.88. The number of aromatic amines is 1. The van der Waals surface area contributed by atoms with Gasteiger partial charge in [-0.2, -0.15) is 13.9 Å². The number of nitrogens with zero attached hydrogens (tertiary/aromatic N) is 2. The molecule has 0 bridgehead atoms. The maximum atomic E-state index is 14.2. The molecule has 138 valence electrons. The van der Waals surface area contributed by atoms with Crippen LogP contribution in [0.3, 0.4) is 0 Å². The number of aromatic nitrogens is 3. The Balaban J connectivity index is 1.68. The lowest BCUT2D eigenvalue weighted by molar-refractivity contribution is -0.659. The van der Waals surface area contributed by atoms with Crippen LogP contribution in [-0.4, -0.2) is 16.2 Å². The first-order valence-electron chi connectivity index (χ1n) is 8.18. The van der Waals surface area contributed by atoms with Crippen LogP contribution in [0.2, 0.25) is 0 Å². The van der Waals surface area contributed by atoms with Gasteiger partial charge in [0.15, 0.2) is 0 Å². The number of H-pyrrole nitrogens is 1. The molecule has 3 aromatic rings. The first-order valence-corrected chi connectivity index (χ1v) is 8.18. The molecule has 2 unspecified atom stereocenters. The Kier molecular flexibility index (Phi) is 3.39. The van der Waals surface area contributed by atoms with Crippen molar-refractivity contribution in [3.05, 3.63) is 76.1 Å². The second-order valence-corrected chi connectivity index (χ2v) is 6.54. The van der Waals surface area contributed by atoms with Gasteiger partial charge < -0.3 is 4.74 Å². The Hall–Kier alpha value is -2.81. The Bertz CT molecular complexity index is 1070. The highest BCUT2D eigenvalue weighted by Gasteiger charge is 2.44. The zero-order valence-electron chi connectivity index (χ0n) is 13.6. The van der Waals surface area contributed by atoms with Gasteiger partial charge >= 0.3 is 5.69 Å². The van der Waals surface area contributed by atoms with Crippen molar-refractivity contribution < 1.29 is 31.4 Å². The maximum absolute atomic E-state index is 14.2. The molecule has 1 aliphatic carbocycles. The highest BCUT2D eigenvalue weighted by molar-refractivity contribution is 5.42. The summed E-state index contributed by atoms with van der Waals surface area (Å²) in [7, 11) is 0. The number of halogens is 5. The Morgan fingerprint density at radius 2 is 1.74 bits per heavy atom. The first kappa shape index (κ1) is 16.4. The number of hydrogen-bond donors (Lipinski definition) is 1. The molecule has 0 amide bonds. The number of rotatable bonds is 1. The van der Waals surface area contributed by atoms with E-state index < -0.39 is 34.8 Å². The van der Waals surface area contributed by atoms with E-state index in [0.717, 1.165) is 15.9 Å². The molecule has 2 aromatic heterocycles. The number of fused-ring (bicyclic) bond motifs is 5. The number of pyridine rings is 1. The molecule has 1 aliphatic heterocycles. The molecular formula is C18H11F5N3O+. The second-order valence-electron chi connectivity index (χ2n) is 6.54. The van der Waals surface area contributed by atoms with Crippen molar-refractivity contribution in [2.24, 2.45) is 0 Å². The van der Waals surface area contributed by atoms with Crippen LogP contribution in [0.15, 0.2) is 24.5 Å². The summed E-state index contributed by atoms with van der Waals surface area (Å²) in [5.74, 6) is -10.3. The summed E-state index contributed by atoms with van der Waals surface area (Å²) in [5, 5.41) is 2.68. The van der Waals surface area contributed by atoms with Crippen molar-refractivity contribution >= 4 is 0 Å². The number of benzene rings is 1. The van der Waals surface area contributed by atoms with Crippen molar-refractivity contribution in [1.29, 1.82) is 0 Å². The van der Waals surface area contributed by atoms with Crippen LogP contribution in [-0.2, 0) is 17.8 Å². The summed E-state index contributed by atoms with van der Waals surface area (Å²) >= 11 is 0. The predicted octanol–water partition coefficient (Wildman–Crippen LogP) is 2.97. The molecule has 4 nitrogen and oxygen atoms in total. The van der Waals surface area contributed by atoms with Crippen LogP contribution in [0, 0.1) is 29.1 Å². The van der Waals surface area contributed by atoms with Crippen molar-refractivity contribution in [3.63, 3.8) is 0 Å². The zero-order chi connectivity index (χ0) is 18.9. The monoisotopic (exact) mass is 380 g/mol. The van der Waals surface area contributed by atoms with Gasteiger partial charge in [-0.15, -0.1) is 0 Å². The molecule has 0 saturated heterocycles. The van der Waals surface area contributed by atoms with Crippen molar-refractivity contribution in [2.45, 2.75) is 25.0 Å². The number of nitrogens with one attached hydrogen (secondary N) is 1.